The molecule has 0 aliphatic heterocycles. The maximum atomic E-state index is 11.6. The zero-order chi connectivity index (χ0) is 13.8. The van der Waals surface area contributed by atoms with Crippen LogP contribution in [0.25, 0.3) is 0 Å². The van der Waals surface area contributed by atoms with Crippen molar-refractivity contribution >= 4 is 11.8 Å². The molecule has 1 amide bonds. The van der Waals surface area contributed by atoms with Crippen LogP contribution in [0.15, 0.2) is 16.5 Å². The second-order valence-corrected chi connectivity index (χ2v) is 3.60. The second-order valence-electron chi connectivity index (χ2n) is 3.60. The van der Waals surface area contributed by atoms with Crippen LogP contribution < -0.4 is 5.32 Å². The molecule has 1 aromatic heterocycles. The molecule has 0 atom stereocenters. The predicted molar refractivity (Wildman–Crippen MR) is 56.8 cm³/mol. The number of nitrogens with one attached hydrogen (secondary N) is 1. The predicted octanol–water partition coefficient (Wildman–Crippen LogP) is -1.37. The van der Waals surface area contributed by atoms with E-state index in [1.165, 1.54) is 0 Å². The fraction of sp³-hybridized carbons (Fsp3) is 0.444. The SMILES string of the molecule is O=C(NC(CO)(CO)CO)c1ccc([N+](=O)[O-])o1. The number of nitrogens with zero attached hydrogens (tertiary/aromatic N) is 1. The molecule has 100 valence electrons. The third-order valence-corrected chi connectivity index (χ3v) is 2.28. The fourth-order valence-corrected chi connectivity index (χ4v) is 1.12. The Balaban J connectivity index is 2.84. The van der Waals surface area contributed by atoms with E-state index in [-0.39, 0.29) is 5.76 Å². The van der Waals surface area contributed by atoms with Gasteiger partial charge in [-0.1, -0.05) is 0 Å². The van der Waals surface area contributed by atoms with Gasteiger partial charge in [0.15, 0.2) is 5.76 Å². The van der Waals surface area contributed by atoms with Crippen LogP contribution in [0.5, 0.6) is 0 Å². The lowest BCUT2D eigenvalue weighted by molar-refractivity contribution is -0.402. The van der Waals surface area contributed by atoms with Crippen molar-refractivity contribution in [2.24, 2.45) is 0 Å². The van der Waals surface area contributed by atoms with Crippen LogP contribution in [0.4, 0.5) is 5.88 Å². The van der Waals surface area contributed by atoms with Crippen molar-refractivity contribution in [2.75, 3.05) is 19.8 Å². The third kappa shape index (κ3) is 2.83. The lowest BCUT2D eigenvalue weighted by atomic mass is 10.0. The molecule has 4 N–H and O–H groups in total. The van der Waals surface area contributed by atoms with Crippen molar-refractivity contribution in [3.63, 3.8) is 0 Å². The monoisotopic (exact) mass is 260 g/mol. The van der Waals surface area contributed by atoms with Gasteiger partial charge in [-0.05, 0) is 6.07 Å². The van der Waals surface area contributed by atoms with Crippen LogP contribution in [-0.2, 0) is 0 Å². The maximum absolute atomic E-state index is 11.6. The molecule has 0 radical (unpaired) electrons. The standard InChI is InChI=1S/C9H12N2O7/c12-3-9(4-13,5-14)10-8(15)6-1-2-7(18-6)11(16)17/h1-2,12-14H,3-5H2,(H,10,15). The normalized spacial score (nSPS) is 11.3. The zero-order valence-corrected chi connectivity index (χ0v) is 9.20. The topological polar surface area (TPSA) is 146 Å². The van der Waals surface area contributed by atoms with E-state index in [2.05, 4.69) is 9.73 Å². The van der Waals surface area contributed by atoms with E-state index in [0.717, 1.165) is 12.1 Å². The first kappa shape index (κ1) is 14.1. The Hall–Kier alpha value is -1.97. The number of carbonyl (C=O) groups is 1. The number of nitro groups is 1. The van der Waals surface area contributed by atoms with E-state index in [1.807, 2.05) is 0 Å². The number of amides is 1. The highest BCUT2D eigenvalue weighted by molar-refractivity contribution is 5.92. The van der Waals surface area contributed by atoms with E-state index in [4.69, 9.17) is 15.3 Å². The Morgan fingerprint density at radius 2 is 1.89 bits per heavy atom. The van der Waals surface area contributed by atoms with Crippen molar-refractivity contribution in [2.45, 2.75) is 5.54 Å². The largest absolute Gasteiger partial charge is 0.433 e. The highest BCUT2D eigenvalue weighted by Gasteiger charge is 2.31. The number of furan rings is 1. The maximum Gasteiger partial charge on any atom is 0.433 e. The van der Waals surface area contributed by atoms with Gasteiger partial charge in [0.2, 0.25) is 0 Å². The summed E-state index contributed by atoms with van der Waals surface area (Å²) in [5.41, 5.74) is -1.61. The van der Waals surface area contributed by atoms with E-state index < -0.39 is 42.1 Å². The van der Waals surface area contributed by atoms with Crippen LogP contribution in [0.3, 0.4) is 0 Å². The lowest BCUT2D eigenvalue weighted by Gasteiger charge is -2.27. The molecule has 18 heavy (non-hydrogen) atoms. The smallest absolute Gasteiger partial charge is 0.395 e. The first-order chi connectivity index (χ1) is 8.48. The third-order valence-electron chi connectivity index (χ3n) is 2.28. The number of aliphatic hydroxyl groups is 3. The van der Waals surface area contributed by atoms with Crippen LogP contribution in [0, 0.1) is 10.1 Å². The molecule has 0 aliphatic rings. The molecule has 0 saturated carbocycles. The summed E-state index contributed by atoms with van der Waals surface area (Å²) in [5.74, 6) is -1.86. The quantitative estimate of drug-likeness (QED) is 0.364. The van der Waals surface area contributed by atoms with Crippen LogP contribution >= 0.6 is 0 Å². The van der Waals surface area contributed by atoms with Gasteiger partial charge in [0, 0.05) is 0 Å². The molecule has 0 bridgehead atoms. The minimum atomic E-state index is -1.61. The van der Waals surface area contributed by atoms with E-state index in [9.17, 15) is 14.9 Å². The van der Waals surface area contributed by atoms with Gasteiger partial charge in [-0.25, -0.2) is 0 Å². The number of hydrogen-bond acceptors (Lipinski definition) is 7. The van der Waals surface area contributed by atoms with Gasteiger partial charge in [0.25, 0.3) is 5.91 Å². The molecule has 0 aliphatic carbocycles. The second kappa shape index (κ2) is 5.58. The van der Waals surface area contributed by atoms with Gasteiger partial charge < -0.3 is 25.1 Å². The molecule has 1 aromatic rings. The van der Waals surface area contributed by atoms with E-state index in [0.29, 0.717) is 0 Å². The molecule has 0 spiro atoms. The van der Waals surface area contributed by atoms with Crippen molar-refractivity contribution in [1.29, 1.82) is 0 Å². The van der Waals surface area contributed by atoms with Crippen molar-refractivity contribution in [1.82, 2.24) is 5.32 Å². The van der Waals surface area contributed by atoms with Gasteiger partial charge in [-0.2, -0.15) is 0 Å². The summed E-state index contributed by atoms with van der Waals surface area (Å²) in [6.45, 7) is -2.10. The Bertz CT molecular complexity index is 430. The van der Waals surface area contributed by atoms with Gasteiger partial charge in [0.05, 0.1) is 25.9 Å². The molecule has 0 saturated heterocycles. The summed E-state index contributed by atoms with van der Waals surface area (Å²) >= 11 is 0. The molecule has 0 unspecified atom stereocenters. The number of aliphatic hydroxyl groups excluding tert-OH is 3. The summed E-state index contributed by atoms with van der Waals surface area (Å²) in [6, 6.07) is 2.07. The van der Waals surface area contributed by atoms with Crippen molar-refractivity contribution in [3.05, 3.63) is 28.0 Å². The van der Waals surface area contributed by atoms with E-state index in [1.54, 1.807) is 0 Å². The minimum Gasteiger partial charge on any atom is -0.395 e. The summed E-state index contributed by atoms with van der Waals surface area (Å²) in [4.78, 5) is 21.2. The van der Waals surface area contributed by atoms with Gasteiger partial charge in [-0.3, -0.25) is 14.9 Å². The average molecular weight is 260 g/mol. The molecule has 0 aromatic carbocycles. The van der Waals surface area contributed by atoms with Crippen LogP contribution in [-0.4, -0.2) is 51.5 Å². The van der Waals surface area contributed by atoms with E-state index >= 15 is 0 Å². The molecule has 9 heteroatoms. The fourth-order valence-electron chi connectivity index (χ4n) is 1.12. The Labute approximate surface area is 101 Å². The zero-order valence-electron chi connectivity index (χ0n) is 9.20. The van der Waals surface area contributed by atoms with Crippen molar-refractivity contribution < 1.29 is 29.5 Å². The van der Waals surface area contributed by atoms with Gasteiger partial charge in [-0.15, -0.1) is 0 Å². The first-order valence-corrected chi connectivity index (χ1v) is 4.87. The summed E-state index contributed by atoms with van der Waals surface area (Å²) < 4.78 is 4.63. The van der Waals surface area contributed by atoms with Crippen molar-refractivity contribution in [3.8, 4) is 0 Å². The summed E-state index contributed by atoms with van der Waals surface area (Å²) in [6.07, 6.45) is 0. The average Bonchev–Trinajstić information content (AvgIpc) is 2.86. The Morgan fingerprint density at radius 1 is 1.33 bits per heavy atom. The van der Waals surface area contributed by atoms with Crippen LogP contribution in [0.2, 0.25) is 0 Å². The molecule has 1 heterocycles. The van der Waals surface area contributed by atoms with Gasteiger partial charge in [0.1, 0.15) is 10.5 Å². The molecule has 0 fully saturated rings. The Kier molecular flexibility index (Phi) is 4.37. The Morgan fingerprint density at radius 3 is 2.28 bits per heavy atom. The summed E-state index contributed by atoms with van der Waals surface area (Å²) in [7, 11) is 0. The molecular formula is C9H12N2O7. The number of hydrogen-bond donors (Lipinski definition) is 4. The molecule has 1 rings (SSSR count). The van der Waals surface area contributed by atoms with Gasteiger partial charge >= 0.3 is 5.88 Å². The highest BCUT2D eigenvalue weighted by Crippen LogP contribution is 2.16. The lowest BCUT2D eigenvalue weighted by Crippen LogP contribution is -2.56. The number of rotatable bonds is 6. The first-order valence-electron chi connectivity index (χ1n) is 4.87. The summed E-state index contributed by atoms with van der Waals surface area (Å²) in [5, 5.41) is 39.5. The molecular weight excluding hydrogens is 248 g/mol. The highest BCUT2D eigenvalue weighted by atomic mass is 16.6. The number of carbonyl (C=O) groups excluding carboxylic acids is 1. The van der Waals surface area contributed by atoms with Crippen LogP contribution in [0.1, 0.15) is 10.6 Å². The molecule has 9 nitrogen and oxygen atoms in total. The minimum absolute atomic E-state index is 0.360.